The Morgan fingerprint density at radius 1 is 1.11 bits per heavy atom. The maximum Gasteiger partial charge on any atom is 0.125 e. The van der Waals surface area contributed by atoms with Gasteiger partial charge in [0.1, 0.15) is 5.82 Å². The molecular formula is C16H19FN2. The van der Waals surface area contributed by atoms with Gasteiger partial charge in [-0.1, -0.05) is 44.2 Å². The molecule has 0 saturated carbocycles. The van der Waals surface area contributed by atoms with Crippen LogP contribution in [0.25, 0.3) is 0 Å². The Morgan fingerprint density at radius 3 is 2.47 bits per heavy atom. The summed E-state index contributed by atoms with van der Waals surface area (Å²) in [5.74, 6) is -0.283. The van der Waals surface area contributed by atoms with E-state index in [1.54, 1.807) is 6.07 Å². The fraction of sp³-hybridized carbons (Fsp3) is 0.250. The van der Waals surface area contributed by atoms with E-state index in [4.69, 9.17) is 5.73 Å². The molecule has 0 aliphatic carbocycles. The maximum absolute atomic E-state index is 13.2. The van der Waals surface area contributed by atoms with Gasteiger partial charge in [-0.2, -0.15) is 0 Å². The minimum absolute atomic E-state index is 0.0555. The normalized spacial score (nSPS) is 11.3. The number of nitrogens with one attached hydrogen (secondary N) is 1. The summed E-state index contributed by atoms with van der Waals surface area (Å²) in [5.41, 5.74) is 8.21. The topological polar surface area (TPSA) is 38.0 Å². The molecule has 2 aromatic carbocycles. The number of hydrogen-bond acceptors (Lipinski definition) is 2. The first-order valence-corrected chi connectivity index (χ1v) is 6.33. The predicted molar refractivity (Wildman–Crippen MR) is 78.8 cm³/mol. The third-order valence-corrected chi connectivity index (χ3v) is 3.29. The second kappa shape index (κ2) is 5.31. The molecule has 0 spiro atoms. The van der Waals surface area contributed by atoms with Gasteiger partial charge in [0, 0.05) is 12.0 Å². The highest BCUT2D eigenvalue weighted by atomic mass is 19.1. The van der Waals surface area contributed by atoms with Crippen LogP contribution in [0.4, 0.5) is 15.8 Å². The van der Waals surface area contributed by atoms with E-state index >= 15 is 0 Å². The number of benzene rings is 2. The number of nitrogens with two attached hydrogens (primary N) is 1. The van der Waals surface area contributed by atoms with Gasteiger partial charge in [0.15, 0.2) is 0 Å². The van der Waals surface area contributed by atoms with Crippen molar-refractivity contribution in [2.75, 3.05) is 17.6 Å². The Morgan fingerprint density at radius 2 is 1.79 bits per heavy atom. The zero-order valence-electron chi connectivity index (χ0n) is 11.3. The van der Waals surface area contributed by atoms with E-state index in [9.17, 15) is 4.39 Å². The molecule has 0 heterocycles. The van der Waals surface area contributed by atoms with Crippen LogP contribution in [0.5, 0.6) is 0 Å². The summed E-state index contributed by atoms with van der Waals surface area (Å²) in [5, 5.41) is 3.23. The van der Waals surface area contributed by atoms with Crippen molar-refractivity contribution >= 4 is 11.4 Å². The number of halogens is 1. The molecule has 0 bridgehead atoms. The number of hydrogen-bond donors (Lipinski definition) is 2. The van der Waals surface area contributed by atoms with Crippen LogP contribution in [0.15, 0.2) is 48.5 Å². The molecular weight excluding hydrogens is 239 g/mol. The summed E-state index contributed by atoms with van der Waals surface area (Å²) in [7, 11) is 0. The quantitative estimate of drug-likeness (QED) is 0.819. The molecule has 2 nitrogen and oxygen atoms in total. The predicted octanol–water partition coefficient (Wildman–Crippen LogP) is 3.80. The molecule has 0 aliphatic rings. The van der Waals surface area contributed by atoms with Gasteiger partial charge in [-0.15, -0.1) is 0 Å². The standard InChI is InChI=1S/C16H19FN2/c1-16(2,12-6-4-3-5-7-12)11-19-15-10-13(17)8-9-14(15)18/h3-10,19H,11,18H2,1-2H3. The zero-order chi connectivity index (χ0) is 13.9. The maximum atomic E-state index is 13.2. The lowest BCUT2D eigenvalue weighted by atomic mass is 9.84. The Balaban J connectivity index is 2.12. The van der Waals surface area contributed by atoms with Crippen LogP contribution >= 0.6 is 0 Å². The summed E-state index contributed by atoms with van der Waals surface area (Å²) in [6.07, 6.45) is 0. The number of anilines is 2. The second-order valence-electron chi connectivity index (χ2n) is 5.34. The highest BCUT2D eigenvalue weighted by Gasteiger charge is 2.20. The van der Waals surface area contributed by atoms with Crippen LogP contribution in [-0.2, 0) is 5.41 Å². The molecule has 0 unspecified atom stereocenters. The first kappa shape index (κ1) is 13.4. The fourth-order valence-corrected chi connectivity index (χ4v) is 1.99. The molecule has 0 aliphatic heterocycles. The van der Waals surface area contributed by atoms with Crippen molar-refractivity contribution in [1.29, 1.82) is 0 Å². The van der Waals surface area contributed by atoms with E-state index in [0.717, 1.165) is 0 Å². The van der Waals surface area contributed by atoms with E-state index in [1.165, 1.54) is 17.7 Å². The van der Waals surface area contributed by atoms with Gasteiger partial charge >= 0.3 is 0 Å². The third kappa shape index (κ3) is 3.25. The molecule has 2 rings (SSSR count). The Kier molecular flexibility index (Phi) is 3.74. The summed E-state index contributed by atoms with van der Waals surface area (Å²) in [6.45, 7) is 4.97. The van der Waals surface area contributed by atoms with Crippen molar-refractivity contribution in [1.82, 2.24) is 0 Å². The second-order valence-corrected chi connectivity index (χ2v) is 5.34. The molecule has 3 heteroatoms. The Labute approximate surface area is 113 Å². The van der Waals surface area contributed by atoms with Crippen LogP contribution in [0, 0.1) is 5.82 Å². The van der Waals surface area contributed by atoms with E-state index < -0.39 is 0 Å². The first-order chi connectivity index (χ1) is 8.99. The van der Waals surface area contributed by atoms with Crippen molar-refractivity contribution in [3.05, 3.63) is 59.9 Å². The van der Waals surface area contributed by atoms with Gasteiger partial charge in [-0.05, 0) is 23.8 Å². The van der Waals surface area contributed by atoms with Gasteiger partial charge in [-0.3, -0.25) is 0 Å². The molecule has 3 N–H and O–H groups in total. The van der Waals surface area contributed by atoms with E-state index in [2.05, 4.69) is 31.3 Å². The van der Waals surface area contributed by atoms with Crippen LogP contribution in [0.3, 0.4) is 0 Å². The van der Waals surface area contributed by atoms with Gasteiger partial charge in [-0.25, -0.2) is 4.39 Å². The minimum atomic E-state index is -0.283. The van der Waals surface area contributed by atoms with Crippen molar-refractivity contribution in [3.63, 3.8) is 0 Å². The molecule has 0 atom stereocenters. The van der Waals surface area contributed by atoms with E-state index in [1.807, 2.05) is 18.2 Å². The lowest BCUT2D eigenvalue weighted by Crippen LogP contribution is -2.27. The van der Waals surface area contributed by atoms with Crippen molar-refractivity contribution < 1.29 is 4.39 Å². The average molecular weight is 258 g/mol. The molecule has 0 aromatic heterocycles. The monoisotopic (exact) mass is 258 g/mol. The SMILES string of the molecule is CC(C)(CNc1cc(F)ccc1N)c1ccccc1. The number of rotatable bonds is 4. The summed E-state index contributed by atoms with van der Waals surface area (Å²) in [4.78, 5) is 0. The molecule has 0 saturated heterocycles. The minimum Gasteiger partial charge on any atom is -0.397 e. The van der Waals surface area contributed by atoms with Crippen molar-refractivity contribution in [2.24, 2.45) is 0 Å². The van der Waals surface area contributed by atoms with Gasteiger partial charge in [0.25, 0.3) is 0 Å². The van der Waals surface area contributed by atoms with Gasteiger partial charge in [0.2, 0.25) is 0 Å². The zero-order valence-corrected chi connectivity index (χ0v) is 11.3. The Bertz CT molecular complexity index is 550. The Hall–Kier alpha value is -2.03. The van der Waals surface area contributed by atoms with Crippen molar-refractivity contribution in [2.45, 2.75) is 19.3 Å². The summed E-state index contributed by atoms with van der Waals surface area (Å²) >= 11 is 0. The van der Waals surface area contributed by atoms with E-state index in [-0.39, 0.29) is 11.2 Å². The highest BCUT2D eigenvalue weighted by Crippen LogP contribution is 2.25. The molecule has 0 amide bonds. The van der Waals surface area contributed by atoms with Crippen LogP contribution in [0.1, 0.15) is 19.4 Å². The highest BCUT2D eigenvalue weighted by molar-refractivity contribution is 5.66. The largest absolute Gasteiger partial charge is 0.397 e. The van der Waals surface area contributed by atoms with E-state index in [0.29, 0.717) is 17.9 Å². The molecule has 0 fully saturated rings. The lowest BCUT2D eigenvalue weighted by molar-refractivity contribution is 0.556. The van der Waals surface area contributed by atoms with Gasteiger partial charge < -0.3 is 11.1 Å². The smallest absolute Gasteiger partial charge is 0.125 e. The molecule has 19 heavy (non-hydrogen) atoms. The first-order valence-electron chi connectivity index (χ1n) is 6.33. The molecule has 0 radical (unpaired) electrons. The lowest BCUT2D eigenvalue weighted by Gasteiger charge is -2.26. The van der Waals surface area contributed by atoms with Crippen molar-refractivity contribution in [3.8, 4) is 0 Å². The summed E-state index contributed by atoms with van der Waals surface area (Å²) < 4.78 is 13.2. The molecule has 2 aromatic rings. The average Bonchev–Trinajstić information content (AvgIpc) is 2.41. The third-order valence-electron chi connectivity index (χ3n) is 3.29. The summed E-state index contributed by atoms with van der Waals surface area (Å²) in [6, 6.07) is 14.6. The van der Waals surface area contributed by atoms with Crippen LogP contribution in [0.2, 0.25) is 0 Å². The number of nitrogen functional groups attached to an aromatic ring is 1. The van der Waals surface area contributed by atoms with Gasteiger partial charge in [0.05, 0.1) is 11.4 Å². The van der Waals surface area contributed by atoms with Crippen LogP contribution in [-0.4, -0.2) is 6.54 Å². The molecule has 100 valence electrons. The van der Waals surface area contributed by atoms with Crippen LogP contribution < -0.4 is 11.1 Å². The fourth-order valence-electron chi connectivity index (χ4n) is 1.99.